The van der Waals surface area contributed by atoms with E-state index in [1.54, 1.807) is 4.57 Å². The minimum atomic E-state index is 0.110. The van der Waals surface area contributed by atoms with Gasteiger partial charge < -0.3 is 4.90 Å². The summed E-state index contributed by atoms with van der Waals surface area (Å²) < 4.78 is 1.64. The largest absolute Gasteiger partial charge is 0.378 e. The van der Waals surface area contributed by atoms with Gasteiger partial charge in [0, 0.05) is 31.5 Å². The highest BCUT2D eigenvalue weighted by molar-refractivity contribution is 8.00. The molecule has 18 heavy (non-hydrogen) atoms. The van der Waals surface area contributed by atoms with Gasteiger partial charge in [-0.1, -0.05) is 23.9 Å². The Morgan fingerprint density at radius 1 is 1.28 bits per heavy atom. The van der Waals surface area contributed by atoms with Gasteiger partial charge in [0.1, 0.15) is 0 Å². The Morgan fingerprint density at radius 2 is 2.00 bits per heavy atom. The number of aromatic nitrogens is 2. The highest BCUT2D eigenvalue weighted by Crippen LogP contribution is 2.29. The number of carbonyl (C=O) groups is 1. The average molecular weight is 259 g/mol. The van der Waals surface area contributed by atoms with Crippen molar-refractivity contribution in [2.75, 3.05) is 24.7 Å². The molecule has 0 N–H and O–H groups in total. The number of rotatable bonds is 2. The Labute approximate surface area is 110 Å². The van der Waals surface area contributed by atoms with Crippen LogP contribution in [0.3, 0.4) is 0 Å². The van der Waals surface area contributed by atoms with Gasteiger partial charge in [-0.05, 0) is 12.1 Å². The maximum absolute atomic E-state index is 11.5. The summed E-state index contributed by atoms with van der Waals surface area (Å²) >= 11 is 1.49. The van der Waals surface area contributed by atoms with Crippen molar-refractivity contribution in [2.45, 2.75) is 5.16 Å². The molecule has 5 heteroatoms. The number of thioether (sulfide) groups is 1. The standard InChI is InChI=1S/C13H13N3OS/c1-15(2)10-5-3-9(4-6-10)11-7-16-12(17)8-18-13(16)14-11/h3-7H,8H2,1-2H3. The molecule has 92 valence electrons. The molecule has 0 saturated carbocycles. The fourth-order valence-electron chi connectivity index (χ4n) is 1.91. The van der Waals surface area contributed by atoms with Gasteiger partial charge in [0.15, 0.2) is 5.16 Å². The molecular formula is C13H13N3OS. The number of imidazole rings is 1. The molecule has 0 aliphatic carbocycles. The first kappa shape index (κ1) is 11.3. The van der Waals surface area contributed by atoms with Crippen molar-refractivity contribution in [1.82, 2.24) is 9.55 Å². The molecule has 0 saturated heterocycles. The lowest BCUT2D eigenvalue weighted by Gasteiger charge is -2.12. The summed E-state index contributed by atoms with van der Waals surface area (Å²) in [6.45, 7) is 0. The minimum Gasteiger partial charge on any atom is -0.378 e. The summed E-state index contributed by atoms with van der Waals surface area (Å²) in [5.74, 6) is 0.612. The molecule has 4 nitrogen and oxygen atoms in total. The number of benzene rings is 1. The first-order chi connectivity index (χ1) is 8.65. The van der Waals surface area contributed by atoms with Crippen LogP contribution in [0.15, 0.2) is 35.6 Å². The van der Waals surface area contributed by atoms with E-state index in [4.69, 9.17) is 0 Å². The lowest BCUT2D eigenvalue weighted by molar-refractivity contribution is 0.0939. The second kappa shape index (κ2) is 4.17. The van der Waals surface area contributed by atoms with Crippen molar-refractivity contribution < 1.29 is 4.79 Å². The van der Waals surface area contributed by atoms with E-state index in [9.17, 15) is 4.79 Å². The summed E-state index contributed by atoms with van der Waals surface area (Å²) in [4.78, 5) is 18.1. The smallest absolute Gasteiger partial charge is 0.243 e. The summed E-state index contributed by atoms with van der Waals surface area (Å²) in [6, 6.07) is 8.16. The first-order valence-corrected chi connectivity index (χ1v) is 6.67. The van der Waals surface area contributed by atoms with Crippen LogP contribution in [-0.2, 0) is 0 Å². The van der Waals surface area contributed by atoms with Gasteiger partial charge in [-0.25, -0.2) is 4.98 Å². The number of carbonyl (C=O) groups excluding carboxylic acids is 1. The van der Waals surface area contributed by atoms with Crippen molar-refractivity contribution in [1.29, 1.82) is 0 Å². The predicted molar refractivity (Wildman–Crippen MR) is 73.3 cm³/mol. The van der Waals surface area contributed by atoms with Crippen LogP contribution < -0.4 is 4.90 Å². The zero-order chi connectivity index (χ0) is 12.7. The summed E-state index contributed by atoms with van der Waals surface area (Å²) in [7, 11) is 4.02. The summed E-state index contributed by atoms with van der Waals surface area (Å²) in [6.07, 6.45) is 1.82. The Balaban J connectivity index is 1.95. The van der Waals surface area contributed by atoms with Crippen molar-refractivity contribution in [3.05, 3.63) is 30.5 Å². The van der Waals surface area contributed by atoms with Gasteiger partial charge in [0.05, 0.1) is 11.4 Å². The molecular weight excluding hydrogens is 246 g/mol. The normalized spacial score (nSPS) is 13.8. The van der Waals surface area contributed by atoms with Crippen molar-refractivity contribution in [3.63, 3.8) is 0 Å². The Hall–Kier alpha value is -1.75. The molecule has 1 aromatic heterocycles. The summed E-state index contributed by atoms with van der Waals surface area (Å²) in [5.41, 5.74) is 3.04. The van der Waals surface area contributed by atoms with E-state index < -0.39 is 0 Å². The molecule has 0 amide bonds. The number of hydrogen-bond donors (Lipinski definition) is 0. The van der Waals surface area contributed by atoms with Crippen LogP contribution in [0.5, 0.6) is 0 Å². The van der Waals surface area contributed by atoms with E-state index in [0.29, 0.717) is 5.75 Å². The van der Waals surface area contributed by atoms with Crippen molar-refractivity contribution in [2.24, 2.45) is 0 Å². The molecule has 0 bridgehead atoms. The van der Waals surface area contributed by atoms with Crippen LogP contribution >= 0.6 is 11.8 Å². The number of fused-ring (bicyclic) bond motifs is 1. The zero-order valence-corrected chi connectivity index (χ0v) is 11.1. The quantitative estimate of drug-likeness (QED) is 0.830. The second-order valence-electron chi connectivity index (χ2n) is 4.40. The fraction of sp³-hybridized carbons (Fsp3) is 0.231. The monoisotopic (exact) mass is 259 g/mol. The Morgan fingerprint density at radius 3 is 2.61 bits per heavy atom. The first-order valence-electron chi connectivity index (χ1n) is 5.68. The highest BCUT2D eigenvalue weighted by Gasteiger charge is 2.22. The van der Waals surface area contributed by atoms with Gasteiger partial charge in [-0.2, -0.15) is 0 Å². The topological polar surface area (TPSA) is 38.1 Å². The van der Waals surface area contributed by atoms with Crippen LogP contribution in [0.1, 0.15) is 4.79 Å². The van der Waals surface area contributed by atoms with Crippen LogP contribution in [0.25, 0.3) is 11.3 Å². The van der Waals surface area contributed by atoms with Crippen LogP contribution in [-0.4, -0.2) is 35.3 Å². The third-order valence-corrected chi connectivity index (χ3v) is 3.88. The van der Waals surface area contributed by atoms with E-state index in [0.717, 1.165) is 22.1 Å². The number of nitrogens with zero attached hydrogens (tertiary/aromatic N) is 3. The molecule has 0 radical (unpaired) electrons. The Bertz CT molecular complexity index is 601. The van der Waals surface area contributed by atoms with E-state index >= 15 is 0 Å². The molecule has 2 aromatic rings. The van der Waals surface area contributed by atoms with Crippen LogP contribution in [0.2, 0.25) is 0 Å². The lowest BCUT2D eigenvalue weighted by atomic mass is 10.1. The maximum atomic E-state index is 11.5. The molecule has 1 aliphatic heterocycles. The zero-order valence-electron chi connectivity index (χ0n) is 10.3. The number of anilines is 1. The van der Waals surface area contributed by atoms with Gasteiger partial charge in [0.2, 0.25) is 5.91 Å². The van der Waals surface area contributed by atoms with E-state index in [1.807, 2.05) is 32.4 Å². The SMILES string of the molecule is CN(C)c1ccc(-c2cn3c(n2)SCC3=O)cc1. The fourth-order valence-corrected chi connectivity index (χ4v) is 2.76. The third kappa shape index (κ3) is 1.80. The van der Waals surface area contributed by atoms with Gasteiger partial charge in [-0.3, -0.25) is 9.36 Å². The molecule has 0 unspecified atom stereocenters. The van der Waals surface area contributed by atoms with Crippen LogP contribution in [0, 0.1) is 0 Å². The molecule has 0 atom stereocenters. The summed E-state index contributed by atoms with van der Waals surface area (Å²) in [5, 5.41) is 0.798. The minimum absolute atomic E-state index is 0.110. The molecule has 2 heterocycles. The third-order valence-electron chi connectivity index (χ3n) is 2.95. The van der Waals surface area contributed by atoms with Gasteiger partial charge >= 0.3 is 0 Å². The average Bonchev–Trinajstić information content (AvgIpc) is 2.92. The van der Waals surface area contributed by atoms with E-state index in [2.05, 4.69) is 22.0 Å². The Kier molecular flexibility index (Phi) is 2.63. The van der Waals surface area contributed by atoms with Crippen LogP contribution in [0.4, 0.5) is 5.69 Å². The van der Waals surface area contributed by atoms with Gasteiger partial charge in [-0.15, -0.1) is 0 Å². The van der Waals surface area contributed by atoms with Crippen molar-refractivity contribution >= 4 is 23.4 Å². The molecule has 1 aliphatic rings. The number of hydrogen-bond acceptors (Lipinski definition) is 4. The second-order valence-corrected chi connectivity index (χ2v) is 5.34. The highest BCUT2D eigenvalue weighted by atomic mass is 32.2. The maximum Gasteiger partial charge on any atom is 0.243 e. The molecule has 1 aromatic carbocycles. The molecule has 3 rings (SSSR count). The van der Waals surface area contributed by atoms with E-state index in [-0.39, 0.29) is 5.91 Å². The van der Waals surface area contributed by atoms with Crippen molar-refractivity contribution in [3.8, 4) is 11.3 Å². The molecule has 0 spiro atoms. The van der Waals surface area contributed by atoms with E-state index in [1.165, 1.54) is 11.8 Å². The lowest BCUT2D eigenvalue weighted by Crippen LogP contribution is -2.07. The van der Waals surface area contributed by atoms with Gasteiger partial charge in [0.25, 0.3) is 0 Å². The molecule has 0 fully saturated rings. The predicted octanol–water partition coefficient (Wildman–Crippen LogP) is 2.36.